The summed E-state index contributed by atoms with van der Waals surface area (Å²) in [5, 5.41) is 0. The molecule has 0 fully saturated rings. The normalized spacial score (nSPS) is 10.5. The van der Waals surface area contributed by atoms with E-state index in [9.17, 15) is 4.79 Å². The van der Waals surface area contributed by atoms with Gasteiger partial charge in [-0.1, -0.05) is 18.7 Å². The largest absolute Gasteiger partial charge is 0.496 e. The quantitative estimate of drug-likeness (QED) is 0.405. The first-order valence-corrected chi connectivity index (χ1v) is 7.88. The molecule has 0 aromatic heterocycles. The van der Waals surface area contributed by atoms with Gasteiger partial charge in [-0.05, 0) is 55.0 Å². The summed E-state index contributed by atoms with van der Waals surface area (Å²) in [5.74, 6) is 1.93. The fraction of sp³-hybridized carbons (Fsp3) is 0.190. The molecular weight excluding hydrogens is 316 g/mol. The van der Waals surface area contributed by atoms with Crippen LogP contribution < -0.4 is 14.2 Å². The zero-order chi connectivity index (χ0) is 18.2. The lowest BCUT2D eigenvalue weighted by Gasteiger charge is -2.12. The SMILES string of the molecule is C=CCOc1ccc(C(=O)C=Cc2c(OC)ccc(C)c2OC)cc1. The number of benzene rings is 2. The van der Waals surface area contributed by atoms with Crippen molar-refractivity contribution in [2.24, 2.45) is 0 Å². The van der Waals surface area contributed by atoms with Crippen LogP contribution in [0.1, 0.15) is 21.5 Å². The lowest BCUT2D eigenvalue weighted by atomic mass is 10.1. The number of hydrogen-bond donors (Lipinski definition) is 0. The highest BCUT2D eigenvalue weighted by Gasteiger charge is 2.11. The zero-order valence-corrected chi connectivity index (χ0v) is 14.7. The summed E-state index contributed by atoms with van der Waals surface area (Å²) in [7, 11) is 3.19. The molecule has 130 valence electrons. The van der Waals surface area contributed by atoms with Crippen molar-refractivity contribution in [3.8, 4) is 17.2 Å². The first-order valence-electron chi connectivity index (χ1n) is 7.88. The maximum atomic E-state index is 12.4. The summed E-state index contributed by atoms with van der Waals surface area (Å²) >= 11 is 0. The van der Waals surface area contributed by atoms with E-state index < -0.39 is 0 Å². The van der Waals surface area contributed by atoms with Crippen LogP contribution in [0.3, 0.4) is 0 Å². The van der Waals surface area contributed by atoms with Crippen molar-refractivity contribution in [1.29, 1.82) is 0 Å². The maximum absolute atomic E-state index is 12.4. The van der Waals surface area contributed by atoms with Gasteiger partial charge in [-0.3, -0.25) is 4.79 Å². The number of hydrogen-bond acceptors (Lipinski definition) is 4. The predicted octanol–water partition coefficient (Wildman–Crippen LogP) is 4.47. The van der Waals surface area contributed by atoms with E-state index in [1.807, 2.05) is 19.1 Å². The molecule has 4 nitrogen and oxygen atoms in total. The number of aryl methyl sites for hydroxylation is 1. The molecular formula is C21H22O4. The minimum atomic E-state index is -0.110. The topological polar surface area (TPSA) is 44.8 Å². The van der Waals surface area contributed by atoms with Gasteiger partial charge in [0.1, 0.15) is 23.9 Å². The second-order valence-corrected chi connectivity index (χ2v) is 5.35. The molecule has 4 heteroatoms. The Labute approximate surface area is 148 Å². The van der Waals surface area contributed by atoms with Gasteiger partial charge in [0.05, 0.1) is 19.8 Å². The standard InChI is InChI=1S/C21H22O4/c1-5-14-25-17-9-7-16(8-10-17)19(22)12-11-18-20(23-3)13-6-15(2)21(18)24-4/h5-13H,1,14H2,2-4H3. The van der Waals surface area contributed by atoms with Gasteiger partial charge in [-0.15, -0.1) is 0 Å². The molecule has 2 aromatic carbocycles. The van der Waals surface area contributed by atoms with Crippen LogP contribution in [0.25, 0.3) is 6.08 Å². The fourth-order valence-corrected chi connectivity index (χ4v) is 2.42. The summed E-state index contributed by atoms with van der Waals surface area (Å²) < 4.78 is 16.2. The Morgan fingerprint density at radius 2 is 1.80 bits per heavy atom. The Balaban J connectivity index is 2.23. The summed E-state index contributed by atoms with van der Waals surface area (Å²) in [6, 6.07) is 10.8. The molecule has 2 rings (SSSR count). The molecule has 2 aromatic rings. The molecule has 0 unspecified atom stereocenters. The highest BCUT2D eigenvalue weighted by atomic mass is 16.5. The van der Waals surface area contributed by atoms with Crippen LogP contribution in [0.15, 0.2) is 55.1 Å². The summed E-state index contributed by atoms with van der Waals surface area (Å²) in [6.45, 7) is 5.97. The van der Waals surface area contributed by atoms with E-state index >= 15 is 0 Å². The molecule has 0 spiro atoms. The van der Waals surface area contributed by atoms with Crippen molar-refractivity contribution in [2.75, 3.05) is 20.8 Å². The number of carbonyl (C=O) groups is 1. The summed E-state index contributed by atoms with van der Waals surface area (Å²) in [4.78, 5) is 12.4. The third-order valence-corrected chi connectivity index (χ3v) is 3.69. The Hall–Kier alpha value is -3.01. The van der Waals surface area contributed by atoms with Gasteiger partial charge in [-0.2, -0.15) is 0 Å². The lowest BCUT2D eigenvalue weighted by Crippen LogP contribution is -1.98. The molecule has 0 heterocycles. The minimum absolute atomic E-state index is 0.110. The Morgan fingerprint density at radius 3 is 2.40 bits per heavy atom. The average Bonchev–Trinajstić information content (AvgIpc) is 2.64. The lowest BCUT2D eigenvalue weighted by molar-refractivity contribution is 0.104. The van der Waals surface area contributed by atoms with Crippen LogP contribution >= 0.6 is 0 Å². The van der Waals surface area contributed by atoms with Crippen molar-refractivity contribution in [3.05, 3.63) is 71.8 Å². The van der Waals surface area contributed by atoms with E-state index in [1.165, 1.54) is 6.08 Å². The van der Waals surface area contributed by atoms with E-state index in [0.29, 0.717) is 29.4 Å². The van der Waals surface area contributed by atoms with Gasteiger partial charge in [0.2, 0.25) is 0 Å². The molecule has 0 saturated heterocycles. The van der Waals surface area contributed by atoms with Crippen molar-refractivity contribution in [2.45, 2.75) is 6.92 Å². The average molecular weight is 338 g/mol. The van der Waals surface area contributed by atoms with E-state index in [4.69, 9.17) is 14.2 Å². The van der Waals surface area contributed by atoms with Crippen LogP contribution in [-0.2, 0) is 0 Å². The van der Waals surface area contributed by atoms with E-state index in [1.54, 1.807) is 50.6 Å². The molecule has 0 bridgehead atoms. The molecule has 0 aliphatic carbocycles. The molecule has 0 amide bonds. The second-order valence-electron chi connectivity index (χ2n) is 5.35. The van der Waals surface area contributed by atoms with Crippen LogP contribution in [0.2, 0.25) is 0 Å². The van der Waals surface area contributed by atoms with Crippen molar-refractivity contribution >= 4 is 11.9 Å². The highest BCUT2D eigenvalue weighted by molar-refractivity contribution is 6.07. The van der Waals surface area contributed by atoms with Gasteiger partial charge in [-0.25, -0.2) is 0 Å². The molecule has 0 atom stereocenters. The Morgan fingerprint density at radius 1 is 1.08 bits per heavy atom. The summed E-state index contributed by atoms with van der Waals surface area (Å²) in [6.07, 6.45) is 4.90. The Bertz CT molecular complexity index is 773. The first kappa shape index (κ1) is 18.3. The van der Waals surface area contributed by atoms with Crippen LogP contribution in [0, 0.1) is 6.92 Å². The summed E-state index contributed by atoms with van der Waals surface area (Å²) in [5.41, 5.74) is 2.29. The number of methoxy groups -OCH3 is 2. The third-order valence-electron chi connectivity index (χ3n) is 3.69. The number of carbonyl (C=O) groups excluding carboxylic acids is 1. The van der Waals surface area contributed by atoms with Crippen LogP contribution in [0.5, 0.6) is 17.2 Å². The monoisotopic (exact) mass is 338 g/mol. The fourth-order valence-electron chi connectivity index (χ4n) is 2.42. The third kappa shape index (κ3) is 4.51. The molecule has 0 aliphatic rings. The minimum Gasteiger partial charge on any atom is -0.496 e. The van der Waals surface area contributed by atoms with E-state index in [0.717, 1.165) is 11.1 Å². The zero-order valence-electron chi connectivity index (χ0n) is 14.7. The molecule has 25 heavy (non-hydrogen) atoms. The maximum Gasteiger partial charge on any atom is 0.185 e. The van der Waals surface area contributed by atoms with E-state index in [2.05, 4.69) is 6.58 Å². The Kier molecular flexibility index (Phi) is 6.40. The molecule has 0 radical (unpaired) electrons. The van der Waals surface area contributed by atoms with Crippen LogP contribution in [-0.4, -0.2) is 26.6 Å². The molecule has 0 saturated carbocycles. The molecule has 0 aliphatic heterocycles. The second kappa shape index (κ2) is 8.73. The van der Waals surface area contributed by atoms with Gasteiger partial charge in [0, 0.05) is 5.56 Å². The van der Waals surface area contributed by atoms with Crippen molar-refractivity contribution in [3.63, 3.8) is 0 Å². The smallest absolute Gasteiger partial charge is 0.185 e. The first-order chi connectivity index (χ1) is 12.1. The predicted molar refractivity (Wildman–Crippen MR) is 99.8 cm³/mol. The van der Waals surface area contributed by atoms with Crippen LogP contribution in [0.4, 0.5) is 0 Å². The van der Waals surface area contributed by atoms with Gasteiger partial charge in [0.15, 0.2) is 5.78 Å². The number of rotatable bonds is 8. The van der Waals surface area contributed by atoms with Crippen molar-refractivity contribution in [1.82, 2.24) is 0 Å². The van der Waals surface area contributed by atoms with Gasteiger partial charge >= 0.3 is 0 Å². The number of ether oxygens (including phenoxy) is 3. The highest BCUT2D eigenvalue weighted by Crippen LogP contribution is 2.33. The van der Waals surface area contributed by atoms with Gasteiger partial charge in [0.25, 0.3) is 0 Å². The molecule has 0 N–H and O–H groups in total. The number of allylic oxidation sites excluding steroid dienone is 1. The van der Waals surface area contributed by atoms with E-state index in [-0.39, 0.29) is 5.78 Å². The van der Waals surface area contributed by atoms with Crippen molar-refractivity contribution < 1.29 is 19.0 Å². The van der Waals surface area contributed by atoms with Gasteiger partial charge < -0.3 is 14.2 Å². The number of ketones is 1.